The molecule has 0 aromatic rings. The third-order valence-electron chi connectivity index (χ3n) is 5.66. The van der Waals surface area contributed by atoms with Gasteiger partial charge in [0.2, 0.25) is 0 Å². The van der Waals surface area contributed by atoms with Gasteiger partial charge in [0.05, 0.1) is 12.7 Å². The lowest BCUT2D eigenvalue weighted by molar-refractivity contribution is -0.193. The smallest absolute Gasteiger partial charge is 0.168 e. The fourth-order valence-corrected chi connectivity index (χ4v) is 4.09. The van der Waals surface area contributed by atoms with E-state index in [4.69, 9.17) is 14.2 Å². The number of hydrogen-bond donors (Lipinski definition) is 0. The first-order valence-corrected chi connectivity index (χ1v) is 8.56. The Hall–Kier alpha value is -0.120. The molecule has 3 nitrogen and oxygen atoms in total. The molecule has 3 fully saturated rings. The summed E-state index contributed by atoms with van der Waals surface area (Å²) in [4.78, 5) is 0. The standard InChI is InChI=1S/C17H30O3/c1-13-3-7-17(8-4-13)19-12-16(20-17)11-14(2)15-5-9-18-10-6-15/h13-16H,3-12H2,1-2H3. The topological polar surface area (TPSA) is 27.7 Å². The Morgan fingerprint density at radius 3 is 2.50 bits per heavy atom. The second-order valence-corrected chi connectivity index (χ2v) is 7.31. The number of rotatable bonds is 3. The molecule has 1 aliphatic carbocycles. The van der Waals surface area contributed by atoms with Gasteiger partial charge in [-0.25, -0.2) is 0 Å². The normalized spacial score (nSPS) is 41.1. The van der Waals surface area contributed by atoms with Crippen molar-refractivity contribution >= 4 is 0 Å². The van der Waals surface area contributed by atoms with Gasteiger partial charge < -0.3 is 14.2 Å². The SMILES string of the molecule is CC1CCC2(CC1)OCC(CC(C)C1CCOCC1)O2. The van der Waals surface area contributed by atoms with Crippen LogP contribution < -0.4 is 0 Å². The Balaban J connectivity index is 1.47. The predicted molar refractivity (Wildman–Crippen MR) is 78.5 cm³/mol. The van der Waals surface area contributed by atoms with Gasteiger partial charge in [-0.05, 0) is 49.9 Å². The summed E-state index contributed by atoms with van der Waals surface area (Å²) in [5.74, 6) is 2.17. The zero-order chi connectivity index (χ0) is 14.0. The van der Waals surface area contributed by atoms with Crippen molar-refractivity contribution in [2.24, 2.45) is 17.8 Å². The maximum absolute atomic E-state index is 6.35. The summed E-state index contributed by atoms with van der Waals surface area (Å²) in [5, 5.41) is 0. The lowest BCUT2D eigenvalue weighted by atomic mass is 9.84. The summed E-state index contributed by atoms with van der Waals surface area (Å²) in [6.07, 6.45) is 8.61. The van der Waals surface area contributed by atoms with Crippen molar-refractivity contribution in [2.75, 3.05) is 19.8 Å². The molecule has 3 aliphatic rings. The van der Waals surface area contributed by atoms with E-state index in [9.17, 15) is 0 Å². The maximum Gasteiger partial charge on any atom is 0.168 e. The van der Waals surface area contributed by atoms with E-state index in [0.717, 1.165) is 56.8 Å². The largest absolute Gasteiger partial charge is 0.381 e. The fraction of sp³-hybridized carbons (Fsp3) is 1.00. The third-order valence-corrected chi connectivity index (χ3v) is 5.66. The third kappa shape index (κ3) is 3.37. The van der Waals surface area contributed by atoms with E-state index in [-0.39, 0.29) is 5.79 Å². The quantitative estimate of drug-likeness (QED) is 0.789. The molecule has 2 atom stereocenters. The van der Waals surface area contributed by atoms with Gasteiger partial charge in [-0.15, -0.1) is 0 Å². The predicted octanol–water partition coefficient (Wildman–Crippen LogP) is 3.76. The van der Waals surface area contributed by atoms with E-state index < -0.39 is 0 Å². The monoisotopic (exact) mass is 282 g/mol. The van der Waals surface area contributed by atoms with Gasteiger partial charge in [0.15, 0.2) is 5.79 Å². The highest BCUT2D eigenvalue weighted by molar-refractivity contribution is 4.85. The molecule has 3 heteroatoms. The second kappa shape index (κ2) is 6.33. The van der Waals surface area contributed by atoms with Crippen molar-refractivity contribution in [1.82, 2.24) is 0 Å². The van der Waals surface area contributed by atoms with Crippen molar-refractivity contribution in [3.8, 4) is 0 Å². The van der Waals surface area contributed by atoms with Crippen LogP contribution in [0, 0.1) is 17.8 Å². The zero-order valence-corrected chi connectivity index (χ0v) is 13.1. The van der Waals surface area contributed by atoms with E-state index in [1.165, 1.54) is 25.7 Å². The van der Waals surface area contributed by atoms with Gasteiger partial charge in [0, 0.05) is 26.1 Å². The summed E-state index contributed by atoms with van der Waals surface area (Å²) in [6.45, 7) is 7.42. The van der Waals surface area contributed by atoms with Crippen LogP contribution in [0.1, 0.15) is 58.8 Å². The molecule has 2 aliphatic heterocycles. The summed E-state index contributed by atoms with van der Waals surface area (Å²) < 4.78 is 17.9. The lowest BCUT2D eigenvalue weighted by Crippen LogP contribution is -2.35. The van der Waals surface area contributed by atoms with Gasteiger partial charge in [-0.2, -0.15) is 0 Å². The van der Waals surface area contributed by atoms with E-state index in [1.807, 2.05) is 0 Å². The van der Waals surface area contributed by atoms with Crippen molar-refractivity contribution < 1.29 is 14.2 Å². The molecule has 20 heavy (non-hydrogen) atoms. The molecule has 2 unspecified atom stereocenters. The average Bonchev–Trinajstić information content (AvgIpc) is 2.86. The molecule has 2 heterocycles. The minimum Gasteiger partial charge on any atom is -0.381 e. The van der Waals surface area contributed by atoms with Crippen LogP contribution in [-0.4, -0.2) is 31.7 Å². The van der Waals surface area contributed by atoms with Gasteiger partial charge in [0.25, 0.3) is 0 Å². The van der Waals surface area contributed by atoms with Gasteiger partial charge in [-0.1, -0.05) is 13.8 Å². The Labute approximate surface area is 123 Å². The van der Waals surface area contributed by atoms with Gasteiger partial charge in [0.1, 0.15) is 0 Å². The molecule has 0 aromatic heterocycles. The first-order chi connectivity index (χ1) is 9.67. The number of ether oxygens (including phenoxy) is 3. The van der Waals surface area contributed by atoms with Crippen molar-refractivity contribution in [3.63, 3.8) is 0 Å². The molecule has 0 N–H and O–H groups in total. The van der Waals surface area contributed by atoms with Crippen LogP contribution in [0.25, 0.3) is 0 Å². The summed E-state index contributed by atoms with van der Waals surface area (Å²) in [7, 11) is 0. The second-order valence-electron chi connectivity index (χ2n) is 7.31. The van der Waals surface area contributed by atoms with Crippen LogP contribution in [0.2, 0.25) is 0 Å². The van der Waals surface area contributed by atoms with Crippen LogP contribution in [0.5, 0.6) is 0 Å². The fourth-order valence-electron chi connectivity index (χ4n) is 4.09. The summed E-state index contributed by atoms with van der Waals surface area (Å²) in [5.41, 5.74) is 0. The van der Waals surface area contributed by atoms with Crippen molar-refractivity contribution in [3.05, 3.63) is 0 Å². The Bertz CT molecular complexity index is 303. The molecular weight excluding hydrogens is 252 g/mol. The first kappa shape index (κ1) is 14.8. The van der Waals surface area contributed by atoms with E-state index in [0.29, 0.717) is 6.10 Å². The highest BCUT2D eigenvalue weighted by Gasteiger charge is 2.44. The van der Waals surface area contributed by atoms with E-state index in [1.54, 1.807) is 0 Å². The molecule has 2 saturated heterocycles. The Morgan fingerprint density at radius 1 is 1.10 bits per heavy atom. The molecule has 1 spiro atoms. The molecule has 0 amide bonds. The Kier molecular flexibility index (Phi) is 4.68. The Morgan fingerprint density at radius 2 is 1.80 bits per heavy atom. The molecule has 3 rings (SSSR count). The molecule has 116 valence electrons. The molecule has 0 aromatic carbocycles. The van der Waals surface area contributed by atoms with E-state index >= 15 is 0 Å². The number of hydrogen-bond acceptors (Lipinski definition) is 3. The molecule has 0 bridgehead atoms. The van der Waals surface area contributed by atoms with Crippen molar-refractivity contribution in [1.29, 1.82) is 0 Å². The van der Waals surface area contributed by atoms with Crippen LogP contribution >= 0.6 is 0 Å². The lowest BCUT2D eigenvalue weighted by Gasteiger charge is -2.35. The van der Waals surface area contributed by atoms with Crippen LogP contribution in [-0.2, 0) is 14.2 Å². The minimum absolute atomic E-state index is 0.216. The van der Waals surface area contributed by atoms with E-state index in [2.05, 4.69) is 13.8 Å². The van der Waals surface area contributed by atoms with Crippen molar-refractivity contribution in [2.45, 2.75) is 70.7 Å². The van der Waals surface area contributed by atoms with Crippen LogP contribution in [0.15, 0.2) is 0 Å². The maximum atomic E-state index is 6.35. The average molecular weight is 282 g/mol. The first-order valence-electron chi connectivity index (χ1n) is 8.56. The molecule has 1 saturated carbocycles. The highest BCUT2D eigenvalue weighted by Crippen LogP contribution is 2.41. The summed E-state index contributed by atoms with van der Waals surface area (Å²) >= 11 is 0. The minimum atomic E-state index is -0.216. The van der Waals surface area contributed by atoms with Gasteiger partial charge >= 0.3 is 0 Å². The zero-order valence-electron chi connectivity index (χ0n) is 13.1. The molecular formula is C17H30O3. The van der Waals surface area contributed by atoms with Crippen LogP contribution in [0.4, 0.5) is 0 Å². The highest BCUT2D eigenvalue weighted by atomic mass is 16.7. The summed E-state index contributed by atoms with van der Waals surface area (Å²) in [6, 6.07) is 0. The van der Waals surface area contributed by atoms with Gasteiger partial charge in [-0.3, -0.25) is 0 Å². The van der Waals surface area contributed by atoms with Crippen LogP contribution in [0.3, 0.4) is 0 Å². The molecule has 0 radical (unpaired) electrons.